The zero-order valence-electron chi connectivity index (χ0n) is 12.9. The summed E-state index contributed by atoms with van der Waals surface area (Å²) in [6, 6.07) is 9.39. The number of hydrogen-bond acceptors (Lipinski definition) is 5. The number of halogens is 1. The molecule has 0 aromatic heterocycles. The second-order valence-corrected chi connectivity index (χ2v) is 7.29. The Bertz CT molecular complexity index is 985. The Kier molecular flexibility index (Phi) is 2.61. The van der Waals surface area contributed by atoms with Crippen LogP contribution in [-0.4, -0.2) is 15.8 Å². The summed E-state index contributed by atoms with van der Waals surface area (Å²) in [7, 11) is 0. The van der Waals surface area contributed by atoms with Crippen LogP contribution in [0.15, 0.2) is 36.4 Å². The molecule has 2 atom stereocenters. The van der Waals surface area contributed by atoms with Crippen LogP contribution in [0.2, 0.25) is 0 Å². The van der Waals surface area contributed by atoms with Crippen molar-refractivity contribution in [2.75, 3.05) is 0 Å². The molecule has 1 N–H and O–H groups in total. The molecule has 7 heteroatoms. The third kappa shape index (κ3) is 1.61. The van der Waals surface area contributed by atoms with Crippen LogP contribution in [0.4, 0.5) is 5.69 Å². The number of carbonyl (C=O) groups excluding carboxylic acids is 1. The number of aliphatic hydroxyl groups is 1. The van der Waals surface area contributed by atoms with Gasteiger partial charge in [-0.3, -0.25) is 14.9 Å². The van der Waals surface area contributed by atoms with Gasteiger partial charge < -0.3 is 9.84 Å². The van der Waals surface area contributed by atoms with Crippen molar-refractivity contribution < 1.29 is 19.6 Å². The van der Waals surface area contributed by atoms with E-state index in [-0.39, 0.29) is 16.8 Å². The number of nitro groups is 1. The molecule has 0 radical (unpaired) electrons. The molecule has 3 aliphatic rings. The summed E-state index contributed by atoms with van der Waals surface area (Å²) in [5, 5.41) is 22.6. The van der Waals surface area contributed by atoms with Crippen molar-refractivity contribution in [3.63, 3.8) is 0 Å². The van der Waals surface area contributed by atoms with Crippen molar-refractivity contribution in [1.29, 1.82) is 0 Å². The van der Waals surface area contributed by atoms with Gasteiger partial charge in [0, 0.05) is 17.2 Å². The van der Waals surface area contributed by atoms with Gasteiger partial charge in [0.25, 0.3) is 11.5 Å². The van der Waals surface area contributed by atoms with Gasteiger partial charge in [-0.1, -0.05) is 35.9 Å². The minimum Gasteiger partial charge on any atom is -0.455 e. The van der Waals surface area contributed by atoms with E-state index in [0.29, 0.717) is 17.2 Å². The molecule has 0 saturated heterocycles. The molecule has 25 heavy (non-hydrogen) atoms. The lowest BCUT2D eigenvalue weighted by Crippen LogP contribution is -2.44. The van der Waals surface area contributed by atoms with Gasteiger partial charge in [0.2, 0.25) is 4.87 Å². The second kappa shape index (κ2) is 4.39. The number of fused-ring (bicyclic) bond motifs is 5. The van der Waals surface area contributed by atoms with E-state index in [2.05, 4.69) is 0 Å². The Balaban J connectivity index is 1.77. The lowest BCUT2D eigenvalue weighted by molar-refractivity contribution is -0.387. The van der Waals surface area contributed by atoms with E-state index >= 15 is 0 Å². The zero-order valence-corrected chi connectivity index (χ0v) is 13.6. The Hall–Kier alpha value is -2.44. The highest BCUT2D eigenvalue weighted by Gasteiger charge is 2.72. The summed E-state index contributed by atoms with van der Waals surface area (Å²) in [5.41, 5.74) is 0.855. The fourth-order valence-corrected chi connectivity index (χ4v) is 4.30. The highest BCUT2D eigenvalue weighted by atomic mass is 35.5. The molecule has 1 aliphatic heterocycles. The number of ketones is 1. The minimum absolute atomic E-state index is 0.0172. The number of nitrogens with zero attached hydrogens (tertiary/aromatic N) is 1. The molecular formula is C18H12ClNO5. The van der Waals surface area contributed by atoms with Crippen LogP contribution < -0.4 is 4.74 Å². The van der Waals surface area contributed by atoms with Gasteiger partial charge in [-0.25, -0.2) is 0 Å². The van der Waals surface area contributed by atoms with E-state index in [4.69, 9.17) is 16.3 Å². The Morgan fingerprint density at radius 2 is 2.04 bits per heavy atom. The largest absolute Gasteiger partial charge is 0.455 e. The molecule has 6 nitrogen and oxygen atoms in total. The lowest BCUT2D eigenvalue weighted by Gasteiger charge is -2.27. The van der Waals surface area contributed by atoms with Crippen LogP contribution in [0.3, 0.4) is 0 Å². The van der Waals surface area contributed by atoms with Gasteiger partial charge in [-0.2, -0.15) is 0 Å². The normalized spacial score (nSPS) is 29.0. The minimum atomic E-state index is -2.30. The van der Waals surface area contributed by atoms with Crippen LogP contribution in [0.25, 0.3) is 0 Å². The van der Waals surface area contributed by atoms with Crippen LogP contribution in [0, 0.1) is 10.1 Å². The fraction of sp³-hybridized carbons (Fsp3) is 0.278. The summed E-state index contributed by atoms with van der Waals surface area (Å²) >= 11 is 6.63. The van der Waals surface area contributed by atoms with Crippen molar-refractivity contribution in [1.82, 2.24) is 0 Å². The molecule has 2 aromatic rings. The first-order valence-corrected chi connectivity index (χ1v) is 8.33. The molecule has 5 rings (SSSR count). The van der Waals surface area contributed by atoms with E-state index in [1.807, 2.05) is 6.07 Å². The summed E-state index contributed by atoms with van der Waals surface area (Å²) in [6.45, 7) is 0. The van der Waals surface area contributed by atoms with Crippen LogP contribution in [0.1, 0.15) is 45.8 Å². The molecule has 126 valence electrons. The quantitative estimate of drug-likeness (QED) is 0.505. The van der Waals surface area contributed by atoms with E-state index in [1.165, 1.54) is 18.2 Å². The lowest BCUT2D eigenvalue weighted by atomic mass is 9.90. The van der Waals surface area contributed by atoms with Crippen molar-refractivity contribution in [2.45, 2.75) is 29.4 Å². The maximum absolute atomic E-state index is 13.0. The fourth-order valence-electron chi connectivity index (χ4n) is 3.91. The molecule has 0 spiro atoms. The highest BCUT2D eigenvalue weighted by Crippen LogP contribution is 2.63. The predicted octanol–water partition coefficient (Wildman–Crippen LogP) is 3.34. The number of ether oxygens (including phenoxy) is 1. The molecular weight excluding hydrogens is 346 g/mol. The molecule has 1 fully saturated rings. The first-order valence-electron chi connectivity index (χ1n) is 7.95. The Labute approximate surface area is 147 Å². The standard InChI is InChI=1S/C18H12ClNO5/c19-17-12-7-6-10(9-4-5-9)8-14(12)25-18(17,22)15-11(16(17)21)2-1-3-13(15)20(23)24/h1-3,6-9,22H,4-5H2. The highest BCUT2D eigenvalue weighted by molar-refractivity contribution is 6.41. The van der Waals surface area contributed by atoms with E-state index < -0.39 is 21.4 Å². The number of carbonyl (C=O) groups is 1. The Morgan fingerprint density at radius 3 is 2.72 bits per heavy atom. The summed E-state index contributed by atoms with van der Waals surface area (Å²) in [4.78, 5) is 21.8. The van der Waals surface area contributed by atoms with Crippen LogP contribution >= 0.6 is 11.6 Å². The van der Waals surface area contributed by atoms with Gasteiger partial charge in [0.1, 0.15) is 11.3 Å². The first kappa shape index (κ1) is 14.9. The monoisotopic (exact) mass is 357 g/mol. The number of alkyl halides is 1. The maximum atomic E-state index is 13.0. The average molecular weight is 358 g/mol. The van der Waals surface area contributed by atoms with Gasteiger partial charge in [0.05, 0.1) is 4.92 Å². The number of hydrogen-bond donors (Lipinski definition) is 1. The molecule has 0 bridgehead atoms. The van der Waals surface area contributed by atoms with Crippen molar-refractivity contribution in [2.24, 2.45) is 0 Å². The Morgan fingerprint density at radius 1 is 1.28 bits per heavy atom. The van der Waals surface area contributed by atoms with Gasteiger partial charge in [-0.05, 0) is 30.4 Å². The summed E-state index contributed by atoms with van der Waals surface area (Å²) in [6.07, 6.45) is 2.17. The van der Waals surface area contributed by atoms with E-state index in [1.54, 1.807) is 12.1 Å². The first-order chi connectivity index (χ1) is 11.9. The number of rotatable bonds is 2. The summed E-state index contributed by atoms with van der Waals surface area (Å²) in [5.74, 6) is -2.13. The topological polar surface area (TPSA) is 89.7 Å². The number of benzene rings is 2. The third-order valence-corrected chi connectivity index (χ3v) is 5.92. The van der Waals surface area contributed by atoms with E-state index in [9.17, 15) is 20.0 Å². The van der Waals surface area contributed by atoms with Gasteiger partial charge >= 0.3 is 0 Å². The predicted molar refractivity (Wildman–Crippen MR) is 87.9 cm³/mol. The van der Waals surface area contributed by atoms with E-state index in [0.717, 1.165) is 18.4 Å². The second-order valence-electron chi connectivity index (χ2n) is 6.72. The molecule has 1 heterocycles. The molecule has 2 aliphatic carbocycles. The number of Topliss-reactive ketones (excluding diaryl/α,β-unsaturated/α-hetero) is 1. The number of nitro benzene ring substituents is 1. The summed E-state index contributed by atoms with van der Waals surface area (Å²) < 4.78 is 5.73. The zero-order chi connectivity index (χ0) is 17.6. The van der Waals surface area contributed by atoms with Crippen molar-refractivity contribution in [3.8, 4) is 5.75 Å². The van der Waals surface area contributed by atoms with Gasteiger partial charge in [0.15, 0.2) is 5.78 Å². The molecule has 2 aromatic carbocycles. The van der Waals surface area contributed by atoms with Gasteiger partial charge in [-0.15, -0.1) is 0 Å². The molecule has 2 unspecified atom stereocenters. The molecule has 1 saturated carbocycles. The third-order valence-electron chi connectivity index (χ3n) is 5.29. The maximum Gasteiger partial charge on any atom is 0.280 e. The van der Waals surface area contributed by atoms with Crippen LogP contribution in [0.5, 0.6) is 5.75 Å². The smallest absolute Gasteiger partial charge is 0.280 e. The SMILES string of the molecule is O=C1c2cccc([N+](=O)[O-])c2C2(O)Oc3cc(C4CC4)ccc3C12Cl. The van der Waals surface area contributed by atoms with Crippen molar-refractivity contribution >= 4 is 23.1 Å². The molecule has 0 amide bonds. The van der Waals surface area contributed by atoms with Crippen molar-refractivity contribution in [3.05, 3.63) is 68.8 Å². The average Bonchev–Trinajstić information content (AvgIpc) is 3.38. The van der Waals surface area contributed by atoms with Crippen LogP contribution in [-0.2, 0) is 10.7 Å².